The maximum Gasteiger partial charge on any atom is 0.330 e. The molecule has 0 rings (SSSR count). The van der Waals surface area contributed by atoms with Crippen molar-refractivity contribution in [3.05, 3.63) is 25.3 Å². The zero-order valence-electron chi connectivity index (χ0n) is 10.9. The van der Waals surface area contributed by atoms with Crippen LogP contribution in [0, 0.1) is 0 Å². The molecule has 0 aliphatic carbocycles. The fourth-order valence-corrected chi connectivity index (χ4v) is 1.02. The van der Waals surface area contributed by atoms with E-state index in [1.54, 1.807) is 0 Å². The molecule has 6 nitrogen and oxygen atoms in total. The summed E-state index contributed by atoms with van der Waals surface area (Å²) in [6.07, 6.45) is 2.01. The summed E-state index contributed by atoms with van der Waals surface area (Å²) in [7, 11) is 0. The lowest BCUT2D eigenvalue weighted by molar-refractivity contribution is -0.162. The molecule has 0 N–H and O–H groups in total. The Kier molecular flexibility index (Phi) is 8.78. The van der Waals surface area contributed by atoms with E-state index in [1.807, 2.05) is 6.92 Å². The molecule has 0 spiro atoms. The third-order valence-corrected chi connectivity index (χ3v) is 1.91. The van der Waals surface area contributed by atoms with E-state index in [9.17, 15) is 14.4 Å². The zero-order chi connectivity index (χ0) is 14.7. The number of rotatable bonds is 9. The van der Waals surface area contributed by atoms with Gasteiger partial charge >= 0.3 is 17.9 Å². The molecule has 0 aliphatic rings. The number of hydrogen-bond acceptors (Lipinski definition) is 6. The summed E-state index contributed by atoms with van der Waals surface area (Å²) in [4.78, 5) is 33.2. The van der Waals surface area contributed by atoms with Gasteiger partial charge in [0.05, 0.1) is 0 Å². The highest BCUT2D eigenvalue weighted by molar-refractivity contribution is 5.82. The molecule has 0 saturated heterocycles. The summed E-state index contributed by atoms with van der Waals surface area (Å²) in [6.45, 7) is 7.91. The molecule has 6 heteroatoms. The van der Waals surface area contributed by atoms with Crippen molar-refractivity contribution in [3.8, 4) is 0 Å². The van der Waals surface area contributed by atoms with Gasteiger partial charge in [0.2, 0.25) is 0 Å². The average molecular weight is 270 g/mol. The minimum absolute atomic E-state index is 0.178. The molecule has 0 amide bonds. The van der Waals surface area contributed by atoms with E-state index in [-0.39, 0.29) is 19.6 Å². The molecule has 19 heavy (non-hydrogen) atoms. The van der Waals surface area contributed by atoms with Crippen molar-refractivity contribution in [2.45, 2.75) is 25.9 Å². The molecule has 0 aromatic carbocycles. The van der Waals surface area contributed by atoms with Crippen LogP contribution in [0.4, 0.5) is 0 Å². The standard InChI is InChI=1S/C13H18O6/c1-4-7-13(16)18-9-10(19-12(15)6-3)8-17-11(14)5-2/h5-6,10H,2-4,7-9H2,1H3. The maximum absolute atomic E-state index is 11.2. The molecule has 1 atom stereocenters. The van der Waals surface area contributed by atoms with Crippen LogP contribution in [0.3, 0.4) is 0 Å². The Labute approximate surface area is 112 Å². The Bertz CT molecular complexity index is 347. The van der Waals surface area contributed by atoms with Crippen LogP contribution in [0.1, 0.15) is 19.8 Å². The zero-order valence-corrected chi connectivity index (χ0v) is 10.9. The highest BCUT2D eigenvalue weighted by Gasteiger charge is 2.17. The molecule has 106 valence electrons. The monoisotopic (exact) mass is 270 g/mol. The van der Waals surface area contributed by atoms with E-state index in [0.29, 0.717) is 6.42 Å². The fraction of sp³-hybridized carbons (Fsp3) is 0.462. The van der Waals surface area contributed by atoms with Crippen LogP contribution in [0.2, 0.25) is 0 Å². The lowest BCUT2D eigenvalue weighted by atomic mass is 10.3. The lowest BCUT2D eigenvalue weighted by Crippen LogP contribution is -2.30. The summed E-state index contributed by atoms with van der Waals surface area (Å²) < 4.78 is 14.5. The molecular formula is C13H18O6. The molecule has 1 unspecified atom stereocenters. The first kappa shape index (κ1) is 16.9. The predicted octanol–water partition coefficient (Wildman–Crippen LogP) is 1.16. The topological polar surface area (TPSA) is 78.9 Å². The molecule has 0 aromatic heterocycles. The van der Waals surface area contributed by atoms with E-state index in [4.69, 9.17) is 14.2 Å². The van der Waals surface area contributed by atoms with Crippen LogP contribution >= 0.6 is 0 Å². The summed E-state index contributed by atoms with van der Waals surface area (Å²) in [5.41, 5.74) is 0. The van der Waals surface area contributed by atoms with Gasteiger partial charge in [-0.3, -0.25) is 4.79 Å². The van der Waals surface area contributed by atoms with Crippen LogP contribution < -0.4 is 0 Å². The molecular weight excluding hydrogens is 252 g/mol. The van der Waals surface area contributed by atoms with Gasteiger partial charge in [0.25, 0.3) is 0 Å². The maximum atomic E-state index is 11.2. The predicted molar refractivity (Wildman–Crippen MR) is 67.1 cm³/mol. The van der Waals surface area contributed by atoms with Gasteiger partial charge in [-0.25, -0.2) is 9.59 Å². The Hall–Kier alpha value is -2.11. The Morgan fingerprint density at radius 1 is 1.05 bits per heavy atom. The van der Waals surface area contributed by atoms with Crippen LogP contribution in [-0.2, 0) is 28.6 Å². The van der Waals surface area contributed by atoms with Crippen molar-refractivity contribution in [1.82, 2.24) is 0 Å². The normalized spacial score (nSPS) is 11.0. The summed E-state index contributed by atoms with van der Waals surface area (Å²) >= 11 is 0. The van der Waals surface area contributed by atoms with Crippen molar-refractivity contribution in [2.24, 2.45) is 0 Å². The van der Waals surface area contributed by atoms with Crippen molar-refractivity contribution >= 4 is 17.9 Å². The minimum atomic E-state index is -0.866. The number of ether oxygens (including phenoxy) is 3. The first-order chi connectivity index (χ1) is 9.03. The van der Waals surface area contributed by atoms with Gasteiger partial charge in [0, 0.05) is 18.6 Å². The molecule has 0 fully saturated rings. The second kappa shape index (κ2) is 9.87. The molecule has 0 radical (unpaired) electrons. The lowest BCUT2D eigenvalue weighted by Gasteiger charge is -2.16. The first-order valence-electron chi connectivity index (χ1n) is 5.81. The van der Waals surface area contributed by atoms with Crippen LogP contribution in [-0.4, -0.2) is 37.2 Å². The van der Waals surface area contributed by atoms with E-state index >= 15 is 0 Å². The van der Waals surface area contributed by atoms with Gasteiger partial charge in [0.1, 0.15) is 13.2 Å². The highest BCUT2D eigenvalue weighted by Crippen LogP contribution is 2.00. The number of carbonyl (C=O) groups excluding carboxylic acids is 3. The Morgan fingerprint density at radius 3 is 2.16 bits per heavy atom. The largest absolute Gasteiger partial charge is 0.462 e. The molecule has 0 saturated carbocycles. The van der Waals surface area contributed by atoms with Gasteiger partial charge in [-0.05, 0) is 6.42 Å². The van der Waals surface area contributed by atoms with E-state index in [0.717, 1.165) is 12.2 Å². The Balaban J connectivity index is 4.27. The average Bonchev–Trinajstić information content (AvgIpc) is 2.41. The third-order valence-electron chi connectivity index (χ3n) is 1.91. The van der Waals surface area contributed by atoms with E-state index in [1.165, 1.54) is 0 Å². The second-order valence-electron chi connectivity index (χ2n) is 3.53. The summed E-state index contributed by atoms with van der Waals surface area (Å²) in [6, 6.07) is 0. The molecule has 0 aliphatic heterocycles. The smallest absolute Gasteiger partial charge is 0.330 e. The van der Waals surface area contributed by atoms with Crippen LogP contribution in [0.25, 0.3) is 0 Å². The first-order valence-corrected chi connectivity index (χ1v) is 5.81. The van der Waals surface area contributed by atoms with Gasteiger partial charge < -0.3 is 14.2 Å². The van der Waals surface area contributed by atoms with Gasteiger partial charge in [-0.1, -0.05) is 20.1 Å². The van der Waals surface area contributed by atoms with Crippen LogP contribution in [0.15, 0.2) is 25.3 Å². The molecule has 0 bridgehead atoms. The number of esters is 3. The van der Waals surface area contributed by atoms with Crippen molar-refractivity contribution in [1.29, 1.82) is 0 Å². The van der Waals surface area contributed by atoms with Gasteiger partial charge in [0.15, 0.2) is 6.10 Å². The third kappa shape index (κ3) is 8.59. The SMILES string of the molecule is C=CC(=O)OCC(COC(=O)CCC)OC(=O)C=C. The summed E-state index contributed by atoms with van der Waals surface area (Å²) in [5, 5.41) is 0. The van der Waals surface area contributed by atoms with Crippen LogP contribution in [0.5, 0.6) is 0 Å². The quantitative estimate of drug-likeness (QED) is 0.355. The Morgan fingerprint density at radius 2 is 1.63 bits per heavy atom. The minimum Gasteiger partial charge on any atom is -0.462 e. The second-order valence-corrected chi connectivity index (χ2v) is 3.53. The number of carbonyl (C=O) groups is 3. The van der Waals surface area contributed by atoms with Crippen molar-refractivity contribution < 1.29 is 28.6 Å². The molecule has 0 heterocycles. The number of hydrogen-bond donors (Lipinski definition) is 0. The highest BCUT2D eigenvalue weighted by atomic mass is 16.6. The van der Waals surface area contributed by atoms with Gasteiger partial charge in [-0.15, -0.1) is 0 Å². The van der Waals surface area contributed by atoms with Gasteiger partial charge in [-0.2, -0.15) is 0 Å². The van der Waals surface area contributed by atoms with E-state index in [2.05, 4.69) is 13.2 Å². The van der Waals surface area contributed by atoms with Crippen molar-refractivity contribution in [2.75, 3.05) is 13.2 Å². The van der Waals surface area contributed by atoms with E-state index < -0.39 is 24.0 Å². The summed E-state index contributed by atoms with van der Waals surface area (Å²) in [5.74, 6) is -1.75. The molecule has 0 aromatic rings. The fourth-order valence-electron chi connectivity index (χ4n) is 1.02. The van der Waals surface area contributed by atoms with Crippen molar-refractivity contribution in [3.63, 3.8) is 0 Å².